The molecule has 1 N–H and O–H groups in total. The van der Waals surface area contributed by atoms with Crippen molar-refractivity contribution < 1.29 is 9.59 Å². The van der Waals surface area contributed by atoms with Crippen molar-refractivity contribution >= 4 is 17.2 Å². The van der Waals surface area contributed by atoms with E-state index >= 15 is 0 Å². The van der Waals surface area contributed by atoms with Crippen LogP contribution in [0.2, 0.25) is 0 Å². The van der Waals surface area contributed by atoms with Gasteiger partial charge in [0.2, 0.25) is 5.91 Å². The Morgan fingerprint density at radius 1 is 1.19 bits per heavy atom. The van der Waals surface area contributed by atoms with Crippen LogP contribution in [0.15, 0.2) is 35.5 Å². The van der Waals surface area contributed by atoms with Crippen LogP contribution in [0.4, 0.5) is 0 Å². The summed E-state index contributed by atoms with van der Waals surface area (Å²) < 4.78 is 3.69. The maximum absolute atomic E-state index is 12.8. The lowest BCUT2D eigenvalue weighted by Gasteiger charge is -2.31. The van der Waals surface area contributed by atoms with Crippen LogP contribution in [0.1, 0.15) is 67.3 Å². The van der Waals surface area contributed by atoms with E-state index < -0.39 is 0 Å². The number of likely N-dealkylation sites (tertiary alicyclic amines) is 1. The van der Waals surface area contributed by atoms with Crippen LogP contribution in [0.5, 0.6) is 0 Å². The predicted octanol–water partition coefficient (Wildman–Crippen LogP) is 3.16. The number of aromatic amines is 1. The molecule has 1 aliphatic heterocycles. The Bertz CT molecular complexity index is 1180. The first-order valence-corrected chi connectivity index (χ1v) is 11.4. The highest BCUT2D eigenvalue weighted by molar-refractivity contribution is 5.97. The Morgan fingerprint density at radius 3 is 2.62 bits per heavy atom. The number of H-pyrrole nitrogens is 1. The first-order valence-electron chi connectivity index (χ1n) is 11.4. The van der Waals surface area contributed by atoms with Gasteiger partial charge in [0, 0.05) is 55.3 Å². The third-order valence-electron chi connectivity index (χ3n) is 6.38. The average molecular weight is 438 g/mol. The molecule has 0 aromatic carbocycles. The summed E-state index contributed by atoms with van der Waals surface area (Å²) in [7, 11) is 0. The molecule has 32 heavy (non-hydrogen) atoms. The first-order chi connectivity index (χ1) is 15.3. The molecule has 0 saturated carbocycles. The molecular weight excluding hydrogens is 406 g/mol. The van der Waals surface area contributed by atoms with Crippen molar-refractivity contribution in [2.24, 2.45) is 5.92 Å². The van der Waals surface area contributed by atoms with Crippen LogP contribution in [-0.2, 0) is 11.2 Å². The monoisotopic (exact) mass is 437 g/mol. The highest BCUT2D eigenvalue weighted by Crippen LogP contribution is 2.23. The molecule has 0 aliphatic carbocycles. The predicted molar refractivity (Wildman–Crippen MR) is 122 cm³/mol. The van der Waals surface area contributed by atoms with Crippen LogP contribution in [0, 0.1) is 12.8 Å². The van der Waals surface area contributed by atoms with Crippen molar-refractivity contribution in [1.29, 1.82) is 0 Å². The lowest BCUT2D eigenvalue weighted by Crippen LogP contribution is -2.40. The smallest absolute Gasteiger partial charge is 0.272 e. The van der Waals surface area contributed by atoms with E-state index in [4.69, 9.17) is 0 Å². The van der Waals surface area contributed by atoms with Crippen LogP contribution in [0.25, 0.3) is 5.52 Å². The molecule has 3 aromatic rings. The van der Waals surface area contributed by atoms with Crippen molar-refractivity contribution in [3.05, 3.63) is 58.0 Å². The topological polar surface area (TPSA) is 92.5 Å². The standard InChI is InChI=1S/C24H31N5O3/c1-16(2)29-14-19(13-25-29)23(31)18-9-11-27(12-10-18)22(30)6-4-5-20-15-28-17(3)7-8-21(28)24(32)26-20/h7-8,13-16,18H,4-6,9-12H2,1-3H3,(H,26,32). The minimum atomic E-state index is -0.104. The fourth-order valence-electron chi connectivity index (χ4n) is 4.39. The van der Waals surface area contributed by atoms with Gasteiger partial charge in [0.15, 0.2) is 5.78 Å². The molecule has 1 fully saturated rings. The van der Waals surface area contributed by atoms with E-state index in [9.17, 15) is 14.4 Å². The Hall–Kier alpha value is -3.16. The number of Topliss-reactive ketones (excluding diaryl/α,β-unsaturated/α-hetero) is 1. The largest absolute Gasteiger partial charge is 0.343 e. The number of ketones is 1. The van der Waals surface area contributed by atoms with E-state index in [0.29, 0.717) is 56.3 Å². The van der Waals surface area contributed by atoms with Crippen LogP contribution < -0.4 is 5.56 Å². The molecule has 4 rings (SSSR count). The van der Waals surface area contributed by atoms with E-state index in [2.05, 4.69) is 10.1 Å². The maximum atomic E-state index is 12.8. The summed E-state index contributed by atoms with van der Waals surface area (Å²) in [5.41, 5.74) is 3.04. The number of aryl methyl sites for hydroxylation is 2. The van der Waals surface area contributed by atoms with Gasteiger partial charge in [-0.1, -0.05) is 0 Å². The molecule has 170 valence electrons. The average Bonchev–Trinajstić information content (AvgIpc) is 3.41. The minimum Gasteiger partial charge on any atom is -0.343 e. The van der Waals surface area contributed by atoms with Crippen molar-refractivity contribution in [2.75, 3.05) is 13.1 Å². The van der Waals surface area contributed by atoms with Gasteiger partial charge in [0.05, 0.1) is 11.8 Å². The van der Waals surface area contributed by atoms with Crippen molar-refractivity contribution in [3.63, 3.8) is 0 Å². The molecular formula is C24H31N5O3. The summed E-state index contributed by atoms with van der Waals surface area (Å²) in [5, 5.41) is 4.26. The highest BCUT2D eigenvalue weighted by Gasteiger charge is 2.28. The third-order valence-corrected chi connectivity index (χ3v) is 6.38. The summed E-state index contributed by atoms with van der Waals surface area (Å²) in [6.07, 6.45) is 8.54. The van der Waals surface area contributed by atoms with E-state index in [0.717, 1.165) is 11.4 Å². The molecule has 1 saturated heterocycles. The number of carbonyl (C=O) groups excluding carboxylic acids is 2. The number of hydrogen-bond acceptors (Lipinski definition) is 4. The number of nitrogens with one attached hydrogen (secondary N) is 1. The molecule has 1 aliphatic rings. The third kappa shape index (κ3) is 4.54. The number of amides is 1. The minimum absolute atomic E-state index is 0.0505. The first kappa shape index (κ1) is 22.0. The zero-order chi connectivity index (χ0) is 22.8. The van der Waals surface area contributed by atoms with Gasteiger partial charge in [-0.2, -0.15) is 5.10 Å². The second-order valence-electron chi connectivity index (χ2n) is 9.01. The lowest BCUT2D eigenvalue weighted by molar-refractivity contribution is -0.132. The van der Waals surface area contributed by atoms with Crippen LogP contribution >= 0.6 is 0 Å². The van der Waals surface area contributed by atoms with Gasteiger partial charge in [0.1, 0.15) is 5.52 Å². The normalized spacial score (nSPS) is 15.1. The molecule has 0 radical (unpaired) electrons. The SMILES string of the molecule is Cc1ccc2c(=O)[nH]c(CCCC(=O)N3CCC(C(=O)c4cnn(C(C)C)c4)CC3)cn12. The van der Waals surface area contributed by atoms with Crippen molar-refractivity contribution in [1.82, 2.24) is 24.1 Å². The summed E-state index contributed by atoms with van der Waals surface area (Å²) in [5.74, 6) is 0.193. The number of piperidine rings is 1. The second kappa shape index (κ2) is 9.14. The fraction of sp³-hybridized carbons (Fsp3) is 0.500. The molecule has 0 unspecified atom stereocenters. The molecule has 0 atom stereocenters. The van der Waals surface area contributed by atoms with Gasteiger partial charge in [-0.25, -0.2) is 0 Å². The summed E-state index contributed by atoms with van der Waals surface area (Å²) >= 11 is 0. The Morgan fingerprint density at radius 2 is 1.94 bits per heavy atom. The molecule has 1 amide bonds. The molecule has 3 aromatic heterocycles. The number of nitrogens with zero attached hydrogens (tertiary/aromatic N) is 4. The highest BCUT2D eigenvalue weighted by atomic mass is 16.2. The molecule has 8 heteroatoms. The van der Waals surface area contributed by atoms with Gasteiger partial charge in [-0.3, -0.25) is 19.1 Å². The number of fused-ring (bicyclic) bond motifs is 1. The quantitative estimate of drug-likeness (QED) is 0.575. The molecule has 4 heterocycles. The number of carbonyl (C=O) groups is 2. The van der Waals surface area contributed by atoms with E-state index in [1.54, 1.807) is 10.9 Å². The summed E-state index contributed by atoms with van der Waals surface area (Å²) in [6, 6.07) is 3.96. The molecule has 8 nitrogen and oxygen atoms in total. The maximum Gasteiger partial charge on any atom is 0.272 e. The van der Waals surface area contributed by atoms with Crippen molar-refractivity contribution in [2.45, 2.75) is 58.9 Å². The zero-order valence-electron chi connectivity index (χ0n) is 19.0. The van der Waals surface area contributed by atoms with Gasteiger partial charge < -0.3 is 14.3 Å². The number of rotatable bonds is 7. The Kier molecular flexibility index (Phi) is 6.30. The van der Waals surface area contributed by atoms with Crippen LogP contribution in [-0.4, -0.2) is 48.8 Å². The second-order valence-corrected chi connectivity index (χ2v) is 9.01. The number of aromatic nitrogens is 4. The zero-order valence-corrected chi connectivity index (χ0v) is 19.0. The Balaban J connectivity index is 1.26. The summed E-state index contributed by atoms with van der Waals surface area (Å²) in [4.78, 5) is 42.4. The molecule has 0 bridgehead atoms. The number of hydrogen-bond donors (Lipinski definition) is 1. The van der Waals surface area contributed by atoms with E-state index in [1.807, 2.05) is 54.6 Å². The van der Waals surface area contributed by atoms with Gasteiger partial charge in [-0.15, -0.1) is 0 Å². The van der Waals surface area contributed by atoms with E-state index in [-0.39, 0.29) is 29.2 Å². The van der Waals surface area contributed by atoms with Gasteiger partial charge in [-0.05, 0) is 58.6 Å². The fourth-order valence-corrected chi connectivity index (χ4v) is 4.39. The van der Waals surface area contributed by atoms with Gasteiger partial charge in [0.25, 0.3) is 5.56 Å². The van der Waals surface area contributed by atoms with Gasteiger partial charge >= 0.3 is 0 Å². The Labute approximate surface area is 187 Å². The lowest BCUT2D eigenvalue weighted by atomic mass is 9.90. The van der Waals surface area contributed by atoms with Crippen LogP contribution in [0.3, 0.4) is 0 Å². The van der Waals surface area contributed by atoms with E-state index in [1.165, 1.54) is 0 Å². The summed E-state index contributed by atoms with van der Waals surface area (Å²) in [6.45, 7) is 7.24. The molecule has 0 spiro atoms. The van der Waals surface area contributed by atoms with Crippen molar-refractivity contribution in [3.8, 4) is 0 Å².